The lowest BCUT2D eigenvalue weighted by Gasteiger charge is -2.36. The largest absolute Gasteiger partial charge is 0.497 e. The monoisotopic (exact) mass is 423 g/mol. The summed E-state index contributed by atoms with van der Waals surface area (Å²) in [7, 11) is 3.06. The summed E-state index contributed by atoms with van der Waals surface area (Å²) in [4.78, 5) is 16.3. The van der Waals surface area contributed by atoms with E-state index in [0.29, 0.717) is 49.1 Å². The lowest BCUT2D eigenvalue weighted by molar-refractivity contribution is -0.137. The molecule has 3 rings (SSSR count). The van der Waals surface area contributed by atoms with Gasteiger partial charge >= 0.3 is 6.18 Å². The number of amides is 1. The molecule has 1 saturated heterocycles. The minimum absolute atomic E-state index is 0.183. The third-order valence-corrected chi connectivity index (χ3v) is 4.91. The van der Waals surface area contributed by atoms with Crippen molar-refractivity contribution in [2.45, 2.75) is 6.18 Å². The summed E-state index contributed by atoms with van der Waals surface area (Å²) in [6.07, 6.45) is -4.36. The molecule has 1 heterocycles. The number of piperazine rings is 1. The molecule has 1 aliphatic heterocycles. The number of alkyl halides is 3. The van der Waals surface area contributed by atoms with Gasteiger partial charge in [-0.1, -0.05) is 6.07 Å². The van der Waals surface area contributed by atoms with Crippen LogP contribution in [0.25, 0.3) is 0 Å². The number of ether oxygens (including phenoxy) is 2. The van der Waals surface area contributed by atoms with E-state index in [9.17, 15) is 18.0 Å². The molecule has 1 aliphatic rings. The fourth-order valence-corrected chi connectivity index (χ4v) is 3.33. The van der Waals surface area contributed by atoms with E-state index in [0.717, 1.165) is 6.07 Å². The Morgan fingerprint density at radius 1 is 1.00 bits per heavy atom. The molecular weight excluding hydrogens is 399 g/mol. The van der Waals surface area contributed by atoms with Gasteiger partial charge in [0.1, 0.15) is 11.5 Å². The Morgan fingerprint density at radius 2 is 1.63 bits per heavy atom. The topological polar surface area (TPSA) is 54.0 Å². The van der Waals surface area contributed by atoms with E-state index in [1.54, 1.807) is 24.3 Å². The van der Waals surface area contributed by atoms with Gasteiger partial charge in [-0.05, 0) is 18.2 Å². The number of carbonyl (C=O) groups excluding carboxylic acids is 1. The predicted molar refractivity (Wildman–Crippen MR) is 108 cm³/mol. The summed E-state index contributed by atoms with van der Waals surface area (Å²) in [6.45, 7) is 2.43. The van der Waals surface area contributed by atoms with E-state index < -0.39 is 11.7 Å². The maximum atomic E-state index is 12.9. The molecule has 0 bridgehead atoms. The number of anilines is 2. The van der Waals surface area contributed by atoms with Crippen molar-refractivity contribution in [3.05, 3.63) is 48.0 Å². The van der Waals surface area contributed by atoms with Gasteiger partial charge in [0.2, 0.25) is 5.91 Å². The Balaban J connectivity index is 1.54. The van der Waals surface area contributed by atoms with Crippen LogP contribution in [0.3, 0.4) is 0 Å². The third kappa shape index (κ3) is 5.56. The average molecular weight is 423 g/mol. The fraction of sp³-hybridized carbons (Fsp3) is 0.381. The highest BCUT2D eigenvalue weighted by molar-refractivity contribution is 5.92. The molecule has 162 valence electrons. The summed E-state index contributed by atoms with van der Waals surface area (Å²) < 4.78 is 49.2. The number of hydrogen-bond acceptors (Lipinski definition) is 5. The Kier molecular flexibility index (Phi) is 6.71. The molecule has 9 heteroatoms. The van der Waals surface area contributed by atoms with Crippen LogP contribution in [0, 0.1) is 0 Å². The van der Waals surface area contributed by atoms with Gasteiger partial charge in [0.25, 0.3) is 0 Å². The molecule has 1 N–H and O–H groups in total. The van der Waals surface area contributed by atoms with Crippen LogP contribution in [0.5, 0.6) is 11.5 Å². The summed E-state index contributed by atoms with van der Waals surface area (Å²) in [5, 5.41) is 2.83. The van der Waals surface area contributed by atoms with Crippen molar-refractivity contribution in [3.8, 4) is 11.5 Å². The first kappa shape index (κ1) is 21.8. The lowest BCUT2D eigenvalue weighted by atomic mass is 10.1. The van der Waals surface area contributed by atoms with Crippen LogP contribution in [0.1, 0.15) is 5.56 Å². The van der Waals surface area contributed by atoms with Crippen LogP contribution in [-0.2, 0) is 11.0 Å². The van der Waals surface area contributed by atoms with Crippen molar-refractivity contribution in [3.63, 3.8) is 0 Å². The van der Waals surface area contributed by atoms with Crippen molar-refractivity contribution in [1.82, 2.24) is 4.90 Å². The van der Waals surface area contributed by atoms with Crippen LogP contribution in [0.4, 0.5) is 24.5 Å². The standard InChI is InChI=1S/C21H24F3N3O3/c1-29-18-11-16(12-19(13-18)30-2)25-20(28)14-26-6-8-27(9-7-26)17-5-3-4-15(10-17)21(22,23)24/h3-5,10-13H,6-9,14H2,1-2H3,(H,25,28). The van der Waals surface area contributed by atoms with E-state index in [1.165, 1.54) is 26.4 Å². The molecule has 2 aromatic rings. The first-order chi connectivity index (χ1) is 14.3. The molecule has 0 aliphatic carbocycles. The average Bonchev–Trinajstić information content (AvgIpc) is 2.73. The molecule has 0 saturated carbocycles. The molecule has 0 radical (unpaired) electrons. The van der Waals surface area contributed by atoms with E-state index in [-0.39, 0.29) is 12.5 Å². The van der Waals surface area contributed by atoms with Crippen LogP contribution < -0.4 is 19.7 Å². The van der Waals surface area contributed by atoms with Crippen LogP contribution in [0.15, 0.2) is 42.5 Å². The van der Waals surface area contributed by atoms with E-state index in [1.807, 2.05) is 9.80 Å². The van der Waals surface area contributed by atoms with Crippen molar-refractivity contribution < 1.29 is 27.4 Å². The van der Waals surface area contributed by atoms with Gasteiger partial charge < -0.3 is 19.7 Å². The maximum absolute atomic E-state index is 12.9. The van der Waals surface area contributed by atoms with E-state index >= 15 is 0 Å². The second-order valence-corrected chi connectivity index (χ2v) is 6.96. The summed E-state index contributed by atoms with van der Waals surface area (Å²) in [5.74, 6) is 0.955. The zero-order valence-corrected chi connectivity index (χ0v) is 16.8. The molecular formula is C21H24F3N3O3. The van der Waals surface area contributed by atoms with Crippen molar-refractivity contribution in [2.75, 3.05) is 57.2 Å². The molecule has 2 aromatic carbocycles. The highest BCUT2D eigenvalue weighted by atomic mass is 19.4. The Morgan fingerprint density at radius 3 is 2.20 bits per heavy atom. The van der Waals surface area contributed by atoms with Crippen molar-refractivity contribution >= 4 is 17.3 Å². The number of rotatable bonds is 6. The number of benzene rings is 2. The van der Waals surface area contributed by atoms with E-state index in [4.69, 9.17) is 9.47 Å². The quantitative estimate of drug-likeness (QED) is 0.771. The predicted octanol–water partition coefficient (Wildman–Crippen LogP) is 3.48. The Hall–Kier alpha value is -2.94. The Labute approximate surface area is 173 Å². The molecule has 0 aromatic heterocycles. The number of carbonyl (C=O) groups is 1. The molecule has 0 atom stereocenters. The zero-order chi connectivity index (χ0) is 21.7. The molecule has 6 nitrogen and oxygen atoms in total. The van der Waals surface area contributed by atoms with Crippen LogP contribution >= 0.6 is 0 Å². The van der Waals surface area contributed by atoms with Gasteiger partial charge in [-0.15, -0.1) is 0 Å². The highest BCUT2D eigenvalue weighted by Gasteiger charge is 2.31. The first-order valence-electron chi connectivity index (χ1n) is 9.46. The number of nitrogens with zero attached hydrogens (tertiary/aromatic N) is 2. The number of nitrogens with one attached hydrogen (secondary N) is 1. The first-order valence-corrected chi connectivity index (χ1v) is 9.46. The van der Waals surface area contributed by atoms with Gasteiger partial charge in [-0.3, -0.25) is 9.69 Å². The number of halogens is 3. The van der Waals surface area contributed by atoms with Gasteiger partial charge in [0, 0.05) is 55.8 Å². The summed E-state index contributed by atoms with van der Waals surface area (Å²) in [5.41, 5.74) is 0.451. The molecule has 1 amide bonds. The second-order valence-electron chi connectivity index (χ2n) is 6.96. The van der Waals surface area contributed by atoms with Crippen molar-refractivity contribution in [2.24, 2.45) is 0 Å². The minimum atomic E-state index is -4.36. The Bertz CT molecular complexity index is 859. The van der Waals surface area contributed by atoms with Gasteiger partial charge in [0.15, 0.2) is 0 Å². The normalized spacial score (nSPS) is 15.0. The lowest BCUT2D eigenvalue weighted by Crippen LogP contribution is -2.48. The molecule has 30 heavy (non-hydrogen) atoms. The molecule has 1 fully saturated rings. The van der Waals surface area contributed by atoms with Gasteiger partial charge in [-0.25, -0.2) is 0 Å². The summed E-state index contributed by atoms with van der Waals surface area (Å²) >= 11 is 0. The maximum Gasteiger partial charge on any atom is 0.416 e. The summed E-state index contributed by atoms with van der Waals surface area (Å²) in [6, 6.07) is 10.4. The second kappa shape index (κ2) is 9.25. The fourth-order valence-electron chi connectivity index (χ4n) is 3.33. The van der Waals surface area contributed by atoms with Gasteiger partial charge in [-0.2, -0.15) is 13.2 Å². The zero-order valence-electron chi connectivity index (χ0n) is 16.8. The highest BCUT2D eigenvalue weighted by Crippen LogP contribution is 2.32. The SMILES string of the molecule is COc1cc(NC(=O)CN2CCN(c3cccc(C(F)(F)F)c3)CC2)cc(OC)c1. The smallest absolute Gasteiger partial charge is 0.416 e. The van der Waals surface area contributed by atoms with Crippen molar-refractivity contribution in [1.29, 1.82) is 0 Å². The number of hydrogen-bond donors (Lipinski definition) is 1. The van der Waals surface area contributed by atoms with Crippen LogP contribution in [-0.4, -0.2) is 57.8 Å². The number of methoxy groups -OCH3 is 2. The minimum Gasteiger partial charge on any atom is -0.497 e. The van der Waals surface area contributed by atoms with E-state index in [2.05, 4.69) is 5.32 Å². The molecule has 0 spiro atoms. The molecule has 0 unspecified atom stereocenters. The van der Waals surface area contributed by atoms with Gasteiger partial charge in [0.05, 0.1) is 26.3 Å². The van der Waals surface area contributed by atoms with Crippen LogP contribution in [0.2, 0.25) is 0 Å². The third-order valence-electron chi connectivity index (χ3n) is 4.91.